The fraction of sp³-hybridized carbons (Fsp3) is 0.292. The highest BCUT2D eigenvalue weighted by Gasteiger charge is 2.20. The molecule has 1 aromatic heterocycles. The Balaban J connectivity index is 2.10. The van der Waals surface area contributed by atoms with Crippen LogP contribution in [0.25, 0.3) is 22.5 Å². The van der Waals surface area contributed by atoms with Gasteiger partial charge in [-0.3, -0.25) is 4.79 Å². The number of carboxylic acids is 1. The van der Waals surface area contributed by atoms with E-state index in [0.29, 0.717) is 27.5 Å². The fourth-order valence-electron chi connectivity index (χ4n) is 3.53. The lowest BCUT2D eigenvalue weighted by molar-refractivity contribution is 0.0697. The minimum Gasteiger partial charge on any atom is -0.478 e. The van der Waals surface area contributed by atoms with Crippen molar-refractivity contribution in [3.8, 4) is 22.5 Å². The molecule has 0 unspecified atom stereocenters. The maximum absolute atomic E-state index is 12.6. The predicted molar refractivity (Wildman–Crippen MR) is 123 cm³/mol. The SMILES string of the molecule is CCC[C@H](C)NC(=O)c1ccc(-c2cc(Cl)ccc2-c2nc(C)c(C)[nH]2)c(C(=O)O)c1. The van der Waals surface area contributed by atoms with Gasteiger partial charge in [-0.05, 0) is 68.7 Å². The zero-order chi connectivity index (χ0) is 22.7. The number of carbonyl (C=O) groups is 2. The van der Waals surface area contributed by atoms with Gasteiger partial charge in [0.05, 0.1) is 11.3 Å². The van der Waals surface area contributed by atoms with Gasteiger partial charge >= 0.3 is 5.97 Å². The summed E-state index contributed by atoms with van der Waals surface area (Å²) in [6, 6.07) is 9.98. The molecule has 6 nitrogen and oxygen atoms in total. The van der Waals surface area contributed by atoms with Gasteiger partial charge < -0.3 is 15.4 Å². The summed E-state index contributed by atoms with van der Waals surface area (Å²) in [6.45, 7) is 7.81. The Morgan fingerprint density at radius 3 is 2.45 bits per heavy atom. The molecule has 3 rings (SSSR count). The van der Waals surface area contributed by atoms with Crippen LogP contribution in [0.4, 0.5) is 0 Å². The van der Waals surface area contributed by atoms with Crippen molar-refractivity contribution < 1.29 is 14.7 Å². The van der Waals surface area contributed by atoms with Gasteiger partial charge in [0.15, 0.2) is 0 Å². The molecule has 0 spiro atoms. The lowest BCUT2D eigenvalue weighted by Gasteiger charge is -2.15. The van der Waals surface area contributed by atoms with Crippen LogP contribution in [0.5, 0.6) is 0 Å². The first-order valence-corrected chi connectivity index (χ1v) is 10.6. The van der Waals surface area contributed by atoms with Crippen molar-refractivity contribution in [3.63, 3.8) is 0 Å². The standard InChI is InChI=1S/C24H26ClN3O3/c1-5-6-13(2)26-23(29)16-7-9-18(21(11-16)24(30)31)20-12-17(25)8-10-19(20)22-27-14(3)15(4)28-22/h7-13H,5-6H2,1-4H3,(H,26,29)(H,27,28)(H,30,31)/t13-/m0/s1. The maximum Gasteiger partial charge on any atom is 0.336 e. The highest BCUT2D eigenvalue weighted by Crippen LogP contribution is 2.35. The number of carbonyl (C=O) groups excluding carboxylic acids is 1. The number of amides is 1. The first-order chi connectivity index (χ1) is 14.7. The number of hydrogen-bond acceptors (Lipinski definition) is 3. The van der Waals surface area contributed by atoms with Crippen LogP contribution in [0.2, 0.25) is 5.02 Å². The molecule has 0 saturated heterocycles. The average molecular weight is 440 g/mol. The summed E-state index contributed by atoms with van der Waals surface area (Å²) in [5.74, 6) is -0.782. The smallest absolute Gasteiger partial charge is 0.336 e. The van der Waals surface area contributed by atoms with Crippen LogP contribution in [0, 0.1) is 13.8 Å². The molecule has 2 aromatic carbocycles. The van der Waals surface area contributed by atoms with Crippen molar-refractivity contribution >= 4 is 23.5 Å². The molecule has 31 heavy (non-hydrogen) atoms. The van der Waals surface area contributed by atoms with E-state index >= 15 is 0 Å². The molecule has 1 amide bonds. The monoisotopic (exact) mass is 439 g/mol. The van der Waals surface area contributed by atoms with Crippen molar-refractivity contribution in [2.24, 2.45) is 0 Å². The number of nitrogens with zero attached hydrogens (tertiary/aromatic N) is 1. The molecule has 1 heterocycles. The summed E-state index contributed by atoms with van der Waals surface area (Å²) in [5.41, 5.74) is 3.96. The van der Waals surface area contributed by atoms with Crippen molar-refractivity contribution in [1.29, 1.82) is 0 Å². The Labute approximate surface area is 186 Å². The van der Waals surface area contributed by atoms with Crippen molar-refractivity contribution in [3.05, 3.63) is 63.9 Å². The second-order valence-corrected chi connectivity index (χ2v) is 8.15. The van der Waals surface area contributed by atoms with Crippen LogP contribution >= 0.6 is 11.6 Å². The summed E-state index contributed by atoms with van der Waals surface area (Å²) in [6.07, 6.45) is 1.80. The molecular formula is C24H26ClN3O3. The number of aromatic carboxylic acids is 1. The minimum atomic E-state index is -1.12. The Morgan fingerprint density at radius 2 is 1.84 bits per heavy atom. The van der Waals surface area contributed by atoms with Crippen LogP contribution < -0.4 is 5.32 Å². The number of carboxylic acid groups (broad SMARTS) is 1. The van der Waals surface area contributed by atoms with Gasteiger partial charge in [-0.2, -0.15) is 0 Å². The Kier molecular flexibility index (Phi) is 6.81. The molecular weight excluding hydrogens is 414 g/mol. The molecule has 0 fully saturated rings. The summed E-state index contributed by atoms with van der Waals surface area (Å²) in [7, 11) is 0. The van der Waals surface area contributed by atoms with E-state index in [0.717, 1.165) is 29.8 Å². The number of hydrogen-bond donors (Lipinski definition) is 3. The third-order valence-corrected chi connectivity index (χ3v) is 5.50. The van der Waals surface area contributed by atoms with Crippen LogP contribution in [-0.4, -0.2) is 33.0 Å². The van der Waals surface area contributed by atoms with Crippen LogP contribution in [0.15, 0.2) is 36.4 Å². The molecule has 7 heteroatoms. The summed E-state index contributed by atoms with van der Waals surface area (Å²) in [5, 5.41) is 13.3. The number of rotatable bonds is 7. The number of nitrogens with one attached hydrogen (secondary N) is 2. The van der Waals surface area contributed by atoms with E-state index in [2.05, 4.69) is 15.3 Å². The van der Waals surface area contributed by atoms with Gasteiger partial charge in [0.2, 0.25) is 0 Å². The fourth-order valence-corrected chi connectivity index (χ4v) is 3.70. The minimum absolute atomic E-state index is 0.00965. The van der Waals surface area contributed by atoms with Gasteiger partial charge in [-0.25, -0.2) is 9.78 Å². The average Bonchev–Trinajstić information content (AvgIpc) is 3.05. The van der Waals surface area contributed by atoms with Crippen LogP contribution in [0.3, 0.4) is 0 Å². The molecule has 0 aliphatic heterocycles. The lowest BCUT2D eigenvalue weighted by Crippen LogP contribution is -2.32. The van der Waals surface area contributed by atoms with Crippen molar-refractivity contribution in [2.75, 3.05) is 0 Å². The maximum atomic E-state index is 12.6. The highest BCUT2D eigenvalue weighted by atomic mass is 35.5. The lowest BCUT2D eigenvalue weighted by atomic mass is 9.93. The first-order valence-electron chi connectivity index (χ1n) is 10.2. The van der Waals surface area contributed by atoms with E-state index in [1.807, 2.05) is 33.8 Å². The van der Waals surface area contributed by atoms with E-state index in [1.165, 1.54) is 6.07 Å². The molecule has 0 aliphatic carbocycles. The molecule has 3 aromatic rings. The van der Waals surface area contributed by atoms with E-state index in [9.17, 15) is 14.7 Å². The van der Waals surface area contributed by atoms with Crippen LogP contribution in [-0.2, 0) is 0 Å². The summed E-state index contributed by atoms with van der Waals surface area (Å²) >= 11 is 6.25. The van der Waals surface area contributed by atoms with Crippen LogP contribution in [0.1, 0.15) is 58.8 Å². The molecule has 162 valence electrons. The number of aromatic nitrogens is 2. The zero-order valence-electron chi connectivity index (χ0n) is 18.0. The number of benzene rings is 2. The third-order valence-electron chi connectivity index (χ3n) is 5.27. The molecule has 0 radical (unpaired) electrons. The van der Waals surface area contributed by atoms with E-state index in [4.69, 9.17) is 11.6 Å². The van der Waals surface area contributed by atoms with Gasteiger partial charge in [-0.15, -0.1) is 0 Å². The van der Waals surface area contributed by atoms with E-state index in [-0.39, 0.29) is 17.5 Å². The van der Waals surface area contributed by atoms with Gasteiger partial charge in [-0.1, -0.05) is 31.0 Å². The van der Waals surface area contributed by atoms with E-state index < -0.39 is 5.97 Å². The predicted octanol–water partition coefficient (Wildman–Crippen LogP) is 5.63. The molecule has 0 bridgehead atoms. The number of aryl methyl sites for hydroxylation is 2. The Morgan fingerprint density at radius 1 is 1.13 bits per heavy atom. The molecule has 0 aliphatic rings. The van der Waals surface area contributed by atoms with Gasteiger partial charge in [0, 0.05) is 27.9 Å². The zero-order valence-corrected chi connectivity index (χ0v) is 18.8. The number of aromatic amines is 1. The largest absolute Gasteiger partial charge is 0.478 e. The third kappa shape index (κ3) is 4.97. The Bertz CT molecular complexity index is 1120. The normalized spacial score (nSPS) is 11.9. The number of imidazole rings is 1. The Hall–Kier alpha value is -3.12. The topological polar surface area (TPSA) is 95.1 Å². The second-order valence-electron chi connectivity index (χ2n) is 7.71. The molecule has 3 N–H and O–H groups in total. The van der Waals surface area contributed by atoms with Gasteiger partial charge in [0.25, 0.3) is 5.91 Å². The number of H-pyrrole nitrogens is 1. The van der Waals surface area contributed by atoms with Crippen molar-refractivity contribution in [2.45, 2.75) is 46.6 Å². The highest BCUT2D eigenvalue weighted by molar-refractivity contribution is 6.31. The molecule has 1 atom stereocenters. The number of halogens is 1. The molecule has 0 saturated carbocycles. The summed E-state index contributed by atoms with van der Waals surface area (Å²) in [4.78, 5) is 32.5. The quantitative estimate of drug-likeness (QED) is 0.444. The van der Waals surface area contributed by atoms with Crippen molar-refractivity contribution in [1.82, 2.24) is 15.3 Å². The van der Waals surface area contributed by atoms with E-state index in [1.54, 1.807) is 24.3 Å². The first kappa shape index (κ1) is 22.6. The van der Waals surface area contributed by atoms with Gasteiger partial charge in [0.1, 0.15) is 5.82 Å². The second kappa shape index (κ2) is 9.35. The summed E-state index contributed by atoms with van der Waals surface area (Å²) < 4.78 is 0.